The summed E-state index contributed by atoms with van der Waals surface area (Å²) in [6.45, 7) is 5.97. The van der Waals surface area contributed by atoms with Crippen LogP contribution in [0.3, 0.4) is 0 Å². The van der Waals surface area contributed by atoms with Crippen LogP contribution >= 0.6 is 23.2 Å². The highest BCUT2D eigenvalue weighted by atomic mass is 35.5. The molecular formula is C16H21Cl2NO. The molecule has 0 unspecified atom stereocenters. The van der Waals surface area contributed by atoms with Crippen molar-refractivity contribution in [1.82, 2.24) is 4.90 Å². The molecule has 0 saturated heterocycles. The second-order valence-electron chi connectivity index (χ2n) is 5.36. The quantitative estimate of drug-likeness (QED) is 0.726. The van der Waals surface area contributed by atoms with Crippen molar-refractivity contribution in [2.45, 2.75) is 45.1 Å². The van der Waals surface area contributed by atoms with Crippen molar-refractivity contribution >= 4 is 29.0 Å². The van der Waals surface area contributed by atoms with Crippen LogP contribution in [0.4, 0.5) is 0 Å². The largest absolute Gasteiger partial charge is 0.292 e. The first-order valence-corrected chi connectivity index (χ1v) is 8.05. The highest BCUT2D eigenvalue weighted by Crippen LogP contribution is 2.39. The molecule has 1 aliphatic rings. The lowest BCUT2D eigenvalue weighted by Crippen LogP contribution is -2.52. The average Bonchev–Trinajstić information content (AvgIpc) is 2.93. The predicted molar refractivity (Wildman–Crippen MR) is 84.9 cm³/mol. The summed E-state index contributed by atoms with van der Waals surface area (Å²) in [4.78, 5) is 15.4. The molecule has 1 aromatic rings. The number of Topliss-reactive ketones (excluding diaryl/α,β-unsaturated/α-hetero) is 1. The van der Waals surface area contributed by atoms with Crippen LogP contribution in [-0.4, -0.2) is 29.3 Å². The highest BCUT2D eigenvalue weighted by Gasteiger charge is 2.45. The summed E-state index contributed by atoms with van der Waals surface area (Å²) >= 11 is 12.3. The Balaban J connectivity index is 2.44. The Labute approximate surface area is 131 Å². The Morgan fingerprint density at radius 2 is 1.80 bits per heavy atom. The molecule has 0 aliphatic heterocycles. The van der Waals surface area contributed by atoms with Crippen molar-refractivity contribution in [2.75, 3.05) is 13.1 Å². The lowest BCUT2D eigenvalue weighted by atomic mass is 9.85. The normalized spacial score (nSPS) is 17.6. The van der Waals surface area contributed by atoms with E-state index in [1.165, 1.54) is 0 Å². The molecule has 0 heterocycles. The number of ketones is 1. The first kappa shape index (κ1) is 15.8. The molecule has 4 heteroatoms. The smallest absolute Gasteiger partial charge is 0.184 e. The van der Waals surface area contributed by atoms with E-state index < -0.39 is 5.54 Å². The molecule has 1 aliphatic carbocycles. The molecule has 20 heavy (non-hydrogen) atoms. The Bertz CT molecular complexity index is 491. The van der Waals surface area contributed by atoms with Gasteiger partial charge in [0.2, 0.25) is 0 Å². The third-order valence-corrected chi connectivity index (χ3v) is 4.96. The molecule has 1 saturated carbocycles. The van der Waals surface area contributed by atoms with Gasteiger partial charge in [-0.25, -0.2) is 0 Å². The summed E-state index contributed by atoms with van der Waals surface area (Å²) in [5, 5.41) is 1.06. The second-order valence-corrected chi connectivity index (χ2v) is 6.21. The van der Waals surface area contributed by atoms with Gasteiger partial charge in [-0.2, -0.15) is 0 Å². The zero-order valence-corrected chi connectivity index (χ0v) is 13.6. The van der Waals surface area contributed by atoms with Crippen LogP contribution in [0.5, 0.6) is 0 Å². The number of nitrogens with zero attached hydrogens (tertiary/aromatic N) is 1. The van der Waals surface area contributed by atoms with Gasteiger partial charge in [-0.15, -0.1) is 0 Å². The third kappa shape index (κ3) is 2.74. The van der Waals surface area contributed by atoms with E-state index in [1.54, 1.807) is 18.2 Å². The fourth-order valence-electron chi connectivity index (χ4n) is 3.40. The SMILES string of the molecule is CCN(CC)C1(C(=O)c2cc(Cl)ccc2Cl)CCCC1. The van der Waals surface area contributed by atoms with Gasteiger partial charge in [-0.05, 0) is 44.1 Å². The van der Waals surface area contributed by atoms with Crippen LogP contribution in [0.2, 0.25) is 10.0 Å². The zero-order valence-electron chi connectivity index (χ0n) is 12.1. The van der Waals surface area contributed by atoms with E-state index in [0.717, 1.165) is 38.8 Å². The molecule has 1 aromatic carbocycles. The molecule has 0 bridgehead atoms. The molecule has 0 N–H and O–H groups in total. The van der Waals surface area contributed by atoms with Gasteiger partial charge in [0, 0.05) is 10.6 Å². The molecule has 0 aromatic heterocycles. The van der Waals surface area contributed by atoms with E-state index >= 15 is 0 Å². The molecule has 2 nitrogen and oxygen atoms in total. The monoisotopic (exact) mass is 313 g/mol. The van der Waals surface area contributed by atoms with E-state index in [2.05, 4.69) is 18.7 Å². The number of hydrogen-bond donors (Lipinski definition) is 0. The van der Waals surface area contributed by atoms with Gasteiger partial charge in [-0.1, -0.05) is 49.9 Å². The summed E-state index contributed by atoms with van der Waals surface area (Å²) in [7, 11) is 0. The number of rotatable bonds is 5. The first-order valence-electron chi connectivity index (χ1n) is 7.30. The first-order chi connectivity index (χ1) is 9.55. The minimum atomic E-state index is -0.391. The predicted octanol–water partition coefficient (Wildman–Crippen LogP) is 4.83. The topological polar surface area (TPSA) is 20.3 Å². The molecule has 1 fully saturated rings. The van der Waals surface area contributed by atoms with Crippen LogP contribution in [0.15, 0.2) is 18.2 Å². The fourth-order valence-corrected chi connectivity index (χ4v) is 3.77. The van der Waals surface area contributed by atoms with Crippen molar-refractivity contribution in [3.63, 3.8) is 0 Å². The molecular weight excluding hydrogens is 293 g/mol. The van der Waals surface area contributed by atoms with Crippen molar-refractivity contribution in [1.29, 1.82) is 0 Å². The maximum Gasteiger partial charge on any atom is 0.184 e. The second kappa shape index (κ2) is 6.46. The van der Waals surface area contributed by atoms with E-state index in [0.29, 0.717) is 15.6 Å². The third-order valence-electron chi connectivity index (χ3n) is 4.40. The fraction of sp³-hybridized carbons (Fsp3) is 0.562. The van der Waals surface area contributed by atoms with Crippen molar-refractivity contribution in [3.8, 4) is 0 Å². The lowest BCUT2D eigenvalue weighted by molar-refractivity contribution is 0.0584. The maximum atomic E-state index is 13.1. The summed E-state index contributed by atoms with van der Waals surface area (Å²) in [5.74, 6) is 0.131. The van der Waals surface area contributed by atoms with Gasteiger partial charge >= 0.3 is 0 Å². The lowest BCUT2D eigenvalue weighted by Gasteiger charge is -2.39. The van der Waals surface area contributed by atoms with Crippen molar-refractivity contribution in [2.24, 2.45) is 0 Å². The minimum Gasteiger partial charge on any atom is -0.292 e. The Kier molecular flexibility index (Phi) is 5.11. The van der Waals surface area contributed by atoms with Crippen LogP contribution in [-0.2, 0) is 0 Å². The van der Waals surface area contributed by atoms with Gasteiger partial charge in [0.1, 0.15) is 0 Å². The molecule has 0 amide bonds. The van der Waals surface area contributed by atoms with Gasteiger partial charge < -0.3 is 0 Å². The number of carbonyl (C=O) groups excluding carboxylic acids is 1. The standard InChI is InChI=1S/C16H21Cl2NO/c1-3-19(4-2)16(9-5-6-10-16)15(20)13-11-12(17)7-8-14(13)18/h7-8,11H,3-6,9-10H2,1-2H3. The molecule has 2 rings (SSSR count). The van der Waals surface area contributed by atoms with E-state index in [9.17, 15) is 4.79 Å². The minimum absolute atomic E-state index is 0.131. The Hall–Kier alpha value is -0.570. The average molecular weight is 314 g/mol. The van der Waals surface area contributed by atoms with Crippen LogP contribution in [0.1, 0.15) is 49.9 Å². The zero-order chi connectivity index (χ0) is 14.8. The molecule has 0 atom stereocenters. The van der Waals surface area contributed by atoms with Crippen LogP contribution in [0, 0.1) is 0 Å². The van der Waals surface area contributed by atoms with Crippen molar-refractivity contribution in [3.05, 3.63) is 33.8 Å². The Morgan fingerprint density at radius 3 is 2.35 bits per heavy atom. The molecule has 110 valence electrons. The maximum absolute atomic E-state index is 13.1. The Morgan fingerprint density at radius 1 is 1.20 bits per heavy atom. The van der Waals surface area contributed by atoms with Gasteiger partial charge in [0.05, 0.1) is 10.6 Å². The van der Waals surface area contributed by atoms with Gasteiger partial charge in [-0.3, -0.25) is 9.69 Å². The van der Waals surface area contributed by atoms with E-state index in [-0.39, 0.29) is 5.78 Å². The number of likely N-dealkylation sites (N-methyl/N-ethyl adjacent to an activating group) is 1. The van der Waals surface area contributed by atoms with Gasteiger partial charge in [0.25, 0.3) is 0 Å². The number of benzene rings is 1. The number of hydrogen-bond acceptors (Lipinski definition) is 2. The molecule has 0 radical (unpaired) electrons. The van der Waals surface area contributed by atoms with E-state index in [4.69, 9.17) is 23.2 Å². The highest BCUT2D eigenvalue weighted by molar-refractivity contribution is 6.36. The summed E-state index contributed by atoms with van der Waals surface area (Å²) in [5.41, 5.74) is 0.172. The van der Waals surface area contributed by atoms with E-state index in [1.807, 2.05) is 0 Å². The van der Waals surface area contributed by atoms with Gasteiger partial charge in [0.15, 0.2) is 5.78 Å². The summed E-state index contributed by atoms with van der Waals surface area (Å²) < 4.78 is 0. The summed E-state index contributed by atoms with van der Waals surface area (Å²) in [6, 6.07) is 5.14. The number of carbonyl (C=O) groups is 1. The molecule has 0 spiro atoms. The van der Waals surface area contributed by atoms with Crippen LogP contribution in [0.25, 0.3) is 0 Å². The van der Waals surface area contributed by atoms with Crippen molar-refractivity contribution < 1.29 is 4.79 Å². The summed E-state index contributed by atoms with van der Waals surface area (Å²) in [6.07, 6.45) is 4.02. The van der Waals surface area contributed by atoms with Crippen LogP contribution < -0.4 is 0 Å². The number of halogens is 2.